The first-order valence-electron chi connectivity index (χ1n) is 9.19. The number of amides is 1. The first kappa shape index (κ1) is 23.1. The minimum atomic E-state index is -3.81. The van der Waals surface area contributed by atoms with Gasteiger partial charge in [0.25, 0.3) is 5.69 Å². The Morgan fingerprint density at radius 1 is 1.23 bits per heavy atom. The van der Waals surface area contributed by atoms with E-state index in [2.05, 4.69) is 5.32 Å². The summed E-state index contributed by atoms with van der Waals surface area (Å²) in [7, 11) is -2.44. The zero-order chi connectivity index (χ0) is 22.6. The van der Waals surface area contributed by atoms with E-state index < -0.39 is 26.9 Å². The number of hydrogen-bond acceptors (Lipinski definition) is 6. The van der Waals surface area contributed by atoms with Gasteiger partial charge in [0.05, 0.1) is 29.7 Å². The molecule has 1 atom stereocenters. The number of anilines is 2. The van der Waals surface area contributed by atoms with Crippen LogP contribution >= 0.6 is 0 Å². The van der Waals surface area contributed by atoms with Gasteiger partial charge in [0.1, 0.15) is 11.8 Å². The molecule has 162 valence electrons. The largest absolute Gasteiger partial charge is 0.495 e. The van der Waals surface area contributed by atoms with Crippen molar-refractivity contribution >= 4 is 33.0 Å². The van der Waals surface area contributed by atoms with E-state index in [1.165, 1.54) is 25.3 Å². The lowest BCUT2D eigenvalue weighted by atomic mass is 10.1. The average molecular weight is 436 g/mol. The summed E-state index contributed by atoms with van der Waals surface area (Å²) < 4.78 is 31.6. The quantitative estimate of drug-likeness (QED) is 0.501. The number of hydrogen-bond donors (Lipinski definition) is 1. The number of ether oxygens (including phenoxy) is 1. The zero-order valence-electron chi connectivity index (χ0n) is 17.5. The second-order valence-corrected chi connectivity index (χ2v) is 8.76. The van der Waals surface area contributed by atoms with Gasteiger partial charge in [-0.3, -0.25) is 19.2 Å². The van der Waals surface area contributed by atoms with Crippen molar-refractivity contribution in [2.24, 2.45) is 0 Å². The summed E-state index contributed by atoms with van der Waals surface area (Å²) in [5.74, 6) is -0.399. The molecule has 1 amide bonds. The fraction of sp³-hybridized carbons (Fsp3) is 0.350. The Hall–Kier alpha value is -3.14. The number of nitro groups is 1. The molecule has 0 radical (unpaired) electrons. The van der Waals surface area contributed by atoms with Crippen LogP contribution in [-0.4, -0.2) is 38.7 Å². The highest BCUT2D eigenvalue weighted by Gasteiger charge is 2.33. The van der Waals surface area contributed by atoms with Crippen molar-refractivity contribution in [3.8, 4) is 5.75 Å². The van der Waals surface area contributed by atoms with Gasteiger partial charge in [-0.2, -0.15) is 0 Å². The number of carbonyl (C=O) groups excluding carboxylic acids is 1. The highest BCUT2D eigenvalue weighted by molar-refractivity contribution is 7.92. The Balaban J connectivity index is 2.51. The Morgan fingerprint density at radius 2 is 1.90 bits per heavy atom. The van der Waals surface area contributed by atoms with Crippen LogP contribution < -0.4 is 14.4 Å². The smallest absolute Gasteiger partial charge is 0.271 e. The van der Waals surface area contributed by atoms with Gasteiger partial charge in [-0.15, -0.1) is 0 Å². The first-order chi connectivity index (χ1) is 14.0. The lowest BCUT2D eigenvalue weighted by Gasteiger charge is -2.31. The maximum absolute atomic E-state index is 13.1. The molecule has 0 fully saturated rings. The van der Waals surface area contributed by atoms with Crippen molar-refractivity contribution in [3.63, 3.8) is 0 Å². The number of benzene rings is 2. The van der Waals surface area contributed by atoms with Crippen LogP contribution in [0.2, 0.25) is 0 Å². The van der Waals surface area contributed by atoms with Crippen molar-refractivity contribution < 1.29 is 22.9 Å². The van der Waals surface area contributed by atoms with Crippen molar-refractivity contribution in [2.75, 3.05) is 23.0 Å². The van der Waals surface area contributed by atoms with Gasteiger partial charge >= 0.3 is 0 Å². The SMILES string of the molecule is CCC(C(=O)Nc1cc([N+](=O)[O-])ccc1OC)N(c1cc(C)ccc1C)S(C)(=O)=O. The fourth-order valence-electron chi connectivity index (χ4n) is 3.12. The summed E-state index contributed by atoms with van der Waals surface area (Å²) in [5, 5.41) is 13.7. The van der Waals surface area contributed by atoms with Gasteiger partial charge in [-0.05, 0) is 43.5 Å². The molecule has 0 saturated heterocycles. The van der Waals surface area contributed by atoms with Gasteiger partial charge in [-0.25, -0.2) is 8.42 Å². The van der Waals surface area contributed by atoms with E-state index in [0.29, 0.717) is 11.3 Å². The molecule has 2 aromatic carbocycles. The monoisotopic (exact) mass is 435 g/mol. The summed E-state index contributed by atoms with van der Waals surface area (Å²) >= 11 is 0. The number of rotatable bonds is 8. The van der Waals surface area contributed by atoms with Crippen LogP contribution in [0.1, 0.15) is 24.5 Å². The van der Waals surface area contributed by atoms with Crippen LogP contribution in [-0.2, 0) is 14.8 Å². The highest BCUT2D eigenvalue weighted by atomic mass is 32.2. The Kier molecular flexibility index (Phi) is 7.04. The third-order valence-corrected chi connectivity index (χ3v) is 5.75. The van der Waals surface area contributed by atoms with Crippen LogP contribution in [0.5, 0.6) is 5.75 Å². The average Bonchev–Trinajstić information content (AvgIpc) is 2.66. The standard InChI is InChI=1S/C20H25N3O6S/c1-6-17(22(30(5,27)28)18-11-13(2)7-8-14(18)3)20(24)21-16-12-15(23(25)26)9-10-19(16)29-4/h7-12,17H,6H2,1-5H3,(H,21,24). The maximum Gasteiger partial charge on any atom is 0.271 e. The molecule has 0 saturated carbocycles. The van der Waals surface area contributed by atoms with E-state index in [1.807, 2.05) is 13.0 Å². The molecule has 0 spiro atoms. The molecule has 10 heteroatoms. The number of methoxy groups -OCH3 is 1. The third kappa shape index (κ3) is 5.07. The molecular formula is C20H25N3O6S. The third-order valence-electron chi connectivity index (χ3n) is 4.58. The van der Waals surface area contributed by atoms with E-state index in [-0.39, 0.29) is 23.5 Å². The number of nitrogens with one attached hydrogen (secondary N) is 1. The zero-order valence-corrected chi connectivity index (χ0v) is 18.3. The normalized spacial score (nSPS) is 12.2. The highest BCUT2D eigenvalue weighted by Crippen LogP contribution is 2.31. The summed E-state index contributed by atoms with van der Waals surface area (Å²) in [6, 6.07) is 8.08. The fourth-order valence-corrected chi connectivity index (χ4v) is 4.38. The molecule has 2 rings (SSSR count). The minimum absolute atomic E-state index is 0.0876. The molecule has 0 aromatic heterocycles. The van der Waals surface area contributed by atoms with E-state index in [0.717, 1.165) is 16.1 Å². The molecule has 30 heavy (non-hydrogen) atoms. The van der Waals surface area contributed by atoms with Crippen LogP contribution in [0.4, 0.5) is 17.1 Å². The maximum atomic E-state index is 13.1. The minimum Gasteiger partial charge on any atom is -0.495 e. The van der Waals surface area contributed by atoms with Crippen molar-refractivity contribution in [1.82, 2.24) is 0 Å². The van der Waals surface area contributed by atoms with Gasteiger partial charge in [0.2, 0.25) is 15.9 Å². The molecule has 0 aliphatic heterocycles. The van der Waals surface area contributed by atoms with Crippen LogP contribution in [0, 0.1) is 24.0 Å². The number of sulfonamides is 1. The van der Waals surface area contributed by atoms with Crippen LogP contribution in [0.15, 0.2) is 36.4 Å². The molecule has 0 bridgehead atoms. The Bertz CT molecular complexity index is 1070. The number of carbonyl (C=O) groups is 1. The topological polar surface area (TPSA) is 119 Å². The first-order valence-corrected chi connectivity index (χ1v) is 11.0. The molecule has 0 heterocycles. The number of non-ortho nitro benzene ring substituents is 1. The van der Waals surface area contributed by atoms with Gasteiger partial charge < -0.3 is 10.1 Å². The van der Waals surface area contributed by atoms with E-state index in [4.69, 9.17) is 4.74 Å². The van der Waals surface area contributed by atoms with E-state index in [9.17, 15) is 23.3 Å². The van der Waals surface area contributed by atoms with Crippen LogP contribution in [0.25, 0.3) is 0 Å². The lowest BCUT2D eigenvalue weighted by Crippen LogP contribution is -2.47. The summed E-state index contributed by atoms with van der Waals surface area (Å²) in [6.45, 7) is 5.29. The second-order valence-electron chi connectivity index (χ2n) is 6.90. The molecule has 1 N–H and O–H groups in total. The summed E-state index contributed by atoms with van der Waals surface area (Å²) in [4.78, 5) is 23.6. The van der Waals surface area contributed by atoms with Crippen molar-refractivity contribution in [2.45, 2.75) is 33.2 Å². The van der Waals surface area contributed by atoms with Gasteiger partial charge in [0, 0.05) is 12.1 Å². The van der Waals surface area contributed by atoms with Gasteiger partial charge in [-0.1, -0.05) is 19.1 Å². The van der Waals surface area contributed by atoms with E-state index in [1.54, 1.807) is 26.0 Å². The van der Waals surface area contributed by atoms with E-state index >= 15 is 0 Å². The molecule has 9 nitrogen and oxygen atoms in total. The molecule has 2 aromatic rings. The summed E-state index contributed by atoms with van der Waals surface area (Å²) in [5.41, 5.74) is 1.81. The van der Waals surface area contributed by atoms with Crippen molar-refractivity contribution in [1.29, 1.82) is 0 Å². The summed E-state index contributed by atoms with van der Waals surface area (Å²) in [6.07, 6.45) is 1.22. The number of nitro benzene ring substituents is 1. The molecule has 0 aliphatic rings. The second kappa shape index (κ2) is 9.12. The number of nitrogens with zero attached hydrogens (tertiary/aromatic N) is 2. The molecule has 0 aliphatic carbocycles. The molecular weight excluding hydrogens is 410 g/mol. The van der Waals surface area contributed by atoms with Crippen LogP contribution in [0.3, 0.4) is 0 Å². The Labute approximate surface area is 175 Å². The lowest BCUT2D eigenvalue weighted by molar-refractivity contribution is -0.384. The predicted molar refractivity (Wildman–Crippen MR) is 116 cm³/mol. The van der Waals surface area contributed by atoms with Crippen molar-refractivity contribution in [3.05, 3.63) is 57.6 Å². The van der Waals surface area contributed by atoms with Gasteiger partial charge in [0.15, 0.2) is 0 Å². The molecule has 1 unspecified atom stereocenters. The predicted octanol–water partition coefficient (Wildman–Crippen LogP) is 3.40. The Morgan fingerprint density at radius 3 is 2.43 bits per heavy atom. The number of aryl methyl sites for hydroxylation is 2.